The van der Waals surface area contributed by atoms with Crippen molar-refractivity contribution in [3.8, 4) is 5.88 Å². The first-order valence-corrected chi connectivity index (χ1v) is 10.6. The van der Waals surface area contributed by atoms with Crippen LogP contribution in [-0.4, -0.2) is 35.1 Å². The lowest BCUT2D eigenvalue weighted by atomic mass is 9.74. The number of pyridine rings is 2. The van der Waals surface area contributed by atoms with Gasteiger partial charge in [-0.25, -0.2) is 14.7 Å². The van der Waals surface area contributed by atoms with Crippen molar-refractivity contribution in [3.05, 3.63) is 59.4 Å². The highest BCUT2D eigenvalue weighted by atomic mass is 35.5. The van der Waals surface area contributed by atoms with Gasteiger partial charge in [0.15, 0.2) is 0 Å². The van der Waals surface area contributed by atoms with Gasteiger partial charge < -0.3 is 10.1 Å². The summed E-state index contributed by atoms with van der Waals surface area (Å²) in [7, 11) is 1.52. The Hall–Kier alpha value is -3.19. The van der Waals surface area contributed by atoms with Gasteiger partial charge in [-0.1, -0.05) is 29.8 Å². The van der Waals surface area contributed by atoms with E-state index in [0.29, 0.717) is 29.9 Å². The molecule has 0 spiro atoms. The van der Waals surface area contributed by atoms with Crippen LogP contribution in [-0.2, 0) is 4.79 Å². The number of carbonyl (C=O) groups excluding carboxylic acids is 2. The maximum Gasteiger partial charge on any atom is 0.329 e. The molecule has 3 heterocycles. The number of hydrogen-bond donors (Lipinski definition) is 1. The van der Waals surface area contributed by atoms with Crippen LogP contribution < -0.4 is 15.0 Å². The highest BCUT2D eigenvalue weighted by molar-refractivity contribution is 6.31. The van der Waals surface area contributed by atoms with E-state index < -0.39 is 6.03 Å². The fourth-order valence-corrected chi connectivity index (χ4v) is 5.01. The number of urea groups is 1. The number of methoxy groups -OCH3 is 1. The molecule has 0 bridgehead atoms. The predicted octanol–water partition coefficient (Wildman–Crippen LogP) is 4.30. The second-order valence-corrected chi connectivity index (χ2v) is 8.36. The number of nitrogens with one attached hydrogen (secondary N) is 1. The summed E-state index contributed by atoms with van der Waals surface area (Å²) in [6.45, 7) is 0. The minimum atomic E-state index is -0.454. The summed E-state index contributed by atoms with van der Waals surface area (Å²) in [5, 5.41) is 4.50. The number of benzene rings is 1. The summed E-state index contributed by atoms with van der Waals surface area (Å²) in [6.07, 6.45) is 5.34. The van der Waals surface area contributed by atoms with Crippen LogP contribution in [0.1, 0.15) is 30.7 Å². The largest absolute Gasteiger partial charge is 0.481 e. The lowest BCUT2D eigenvalue weighted by molar-refractivity contribution is -0.124. The molecule has 3 amide bonds. The van der Waals surface area contributed by atoms with Crippen molar-refractivity contribution in [2.75, 3.05) is 12.0 Å². The minimum absolute atomic E-state index is 0.208. The molecule has 3 unspecified atom stereocenters. The summed E-state index contributed by atoms with van der Waals surface area (Å²) in [4.78, 5) is 36.3. The molecule has 2 aliphatic rings. The van der Waals surface area contributed by atoms with Gasteiger partial charge in [0, 0.05) is 28.7 Å². The van der Waals surface area contributed by atoms with Crippen LogP contribution in [0.25, 0.3) is 10.9 Å². The number of amides is 3. The number of ether oxygens (including phenoxy) is 1. The number of aromatic nitrogens is 2. The Morgan fingerprint density at radius 1 is 1.13 bits per heavy atom. The molecule has 1 aliphatic heterocycles. The lowest BCUT2D eigenvalue weighted by Crippen LogP contribution is -2.61. The van der Waals surface area contributed by atoms with E-state index in [4.69, 9.17) is 16.3 Å². The topological polar surface area (TPSA) is 84.4 Å². The standard InChI is InChI=1S/C23H21ClN4O3/c1-31-20-9-7-14-11-25-12-19(21(14)27-20)28-22(29)16-8-6-13(10-18(16)26-23(28)30)15-4-2-3-5-17(15)24/h2-5,7,9,11-13,16,18H,6,8,10H2,1H3,(H,26,30). The number of hydrogen-bond acceptors (Lipinski definition) is 5. The van der Waals surface area contributed by atoms with E-state index in [-0.39, 0.29) is 23.8 Å². The molecule has 2 aromatic heterocycles. The molecule has 158 valence electrons. The molecular formula is C23H21ClN4O3. The molecule has 3 atom stereocenters. The first-order chi connectivity index (χ1) is 15.1. The van der Waals surface area contributed by atoms with Gasteiger partial charge in [0.1, 0.15) is 5.52 Å². The third-order valence-electron chi connectivity index (χ3n) is 6.25. The van der Waals surface area contributed by atoms with Gasteiger partial charge >= 0.3 is 6.03 Å². The number of anilines is 1. The van der Waals surface area contributed by atoms with E-state index in [9.17, 15) is 9.59 Å². The van der Waals surface area contributed by atoms with Gasteiger partial charge in [-0.2, -0.15) is 0 Å². The Morgan fingerprint density at radius 3 is 2.77 bits per heavy atom. The third-order valence-corrected chi connectivity index (χ3v) is 6.59. The molecular weight excluding hydrogens is 416 g/mol. The highest BCUT2D eigenvalue weighted by Gasteiger charge is 2.45. The number of imide groups is 1. The lowest BCUT2D eigenvalue weighted by Gasteiger charge is -2.42. The molecule has 1 aromatic carbocycles. The van der Waals surface area contributed by atoms with Crippen molar-refractivity contribution in [1.82, 2.24) is 15.3 Å². The van der Waals surface area contributed by atoms with Gasteiger partial charge in [-0.3, -0.25) is 9.78 Å². The summed E-state index contributed by atoms with van der Waals surface area (Å²) in [6, 6.07) is 10.6. The van der Waals surface area contributed by atoms with Crippen LogP contribution >= 0.6 is 11.6 Å². The average Bonchev–Trinajstić information content (AvgIpc) is 2.79. The molecule has 1 N–H and O–H groups in total. The predicted molar refractivity (Wildman–Crippen MR) is 117 cm³/mol. The Kier molecular flexibility index (Phi) is 4.98. The molecule has 31 heavy (non-hydrogen) atoms. The van der Waals surface area contributed by atoms with Crippen molar-refractivity contribution in [3.63, 3.8) is 0 Å². The van der Waals surface area contributed by atoms with Crippen LogP contribution in [0.5, 0.6) is 5.88 Å². The van der Waals surface area contributed by atoms with E-state index >= 15 is 0 Å². The molecule has 1 aliphatic carbocycles. The van der Waals surface area contributed by atoms with Crippen molar-refractivity contribution in [2.45, 2.75) is 31.2 Å². The molecule has 3 aromatic rings. The first kappa shape index (κ1) is 19.8. The zero-order valence-electron chi connectivity index (χ0n) is 16.9. The Labute approximate surface area is 184 Å². The second kappa shape index (κ2) is 7.81. The van der Waals surface area contributed by atoms with Crippen molar-refractivity contribution >= 4 is 40.1 Å². The smallest absolute Gasteiger partial charge is 0.329 e. The van der Waals surface area contributed by atoms with Crippen LogP contribution in [0, 0.1) is 5.92 Å². The second-order valence-electron chi connectivity index (χ2n) is 7.95. The number of halogens is 1. The van der Waals surface area contributed by atoms with Crippen molar-refractivity contribution in [2.24, 2.45) is 5.92 Å². The maximum atomic E-state index is 13.4. The number of carbonyl (C=O) groups is 2. The van der Waals surface area contributed by atoms with E-state index in [1.165, 1.54) is 18.2 Å². The summed E-state index contributed by atoms with van der Waals surface area (Å²) >= 11 is 6.39. The van der Waals surface area contributed by atoms with Gasteiger partial charge in [0.2, 0.25) is 11.8 Å². The van der Waals surface area contributed by atoms with Crippen LogP contribution in [0.2, 0.25) is 5.02 Å². The zero-order valence-corrected chi connectivity index (χ0v) is 17.7. The Morgan fingerprint density at radius 2 is 1.97 bits per heavy atom. The van der Waals surface area contributed by atoms with E-state index in [1.807, 2.05) is 30.3 Å². The monoisotopic (exact) mass is 436 g/mol. The molecule has 7 nitrogen and oxygen atoms in total. The molecule has 1 saturated heterocycles. The summed E-state index contributed by atoms with van der Waals surface area (Å²) in [5.74, 6) is 0.102. The Bertz CT molecular complexity index is 1180. The summed E-state index contributed by atoms with van der Waals surface area (Å²) in [5.41, 5.74) is 1.94. The molecule has 0 radical (unpaired) electrons. The van der Waals surface area contributed by atoms with Gasteiger partial charge in [-0.05, 0) is 42.9 Å². The van der Waals surface area contributed by atoms with Crippen molar-refractivity contribution < 1.29 is 14.3 Å². The molecule has 2 fully saturated rings. The summed E-state index contributed by atoms with van der Waals surface area (Å²) < 4.78 is 5.22. The average molecular weight is 437 g/mol. The van der Waals surface area contributed by atoms with E-state index in [2.05, 4.69) is 15.3 Å². The van der Waals surface area contributed by atoms with Gasteiger partial charge in [-0.15, -0.1) is 0 Å². The fourth-order valence-electron chi connectivity index (χ4n) is 4.72. The van der Waals surface area contributed by atoms with Gasteiger partial charge in [0.05, 0.1) is 24.9 Å². The molecule has 8 heteroatoms. The Balaban J connectivity index is 1.46. The number of rotatable bonds is 3. The van der Waals surface area contributed by atoms with E-state index in [1.54, 1.807) is 12.3 Å². The number of nitrogens with zero attached hydrogens (tertiary/aromatic N) is 3. The van der Waals surface area contributed by atoms with Gasteiger partial charge in [0.25, 0.3) is 0 Å². The van der Waals surface area contributed by atoms with Crippen LogP contribution in [0.15, 0.2) is 48.8 Å². The van der Waals surface area contributed by atoms with Crippen molar-refractivity contribution in [1.29, 1.82) is 0 Å². The van der Waals surface area contributed by atoms with Crippen LogP contribution in [0.3, 0.4) is 0 Å². The quantitative estimate of drug-likeness (QED) is 0.661. The normalized spacial score (nSPS) is 23.4. The fraction of sp³-hybridized carbons (Fsp3) is 0.304. The molecule has 1 saturated carbocycles. The minimum Gasteiger partial charge on any atom is -0.481 e. The SMILES string of the molecule is COc1ccc2cncc(N3C(=O)NC4CC(c5ccccc5Cl)CCC4C3=O)c2n1. The van der Waals surface area contributed by atoms with Crippen LogP contribution in [0.4, 0.5) is 10.5 Å². The maximum absolute atomic E-state index is 13.4. The first-order valence-electron chi connectivity index (χ1n) is 10.2. The highest BCUT2D eigenvalue weighted by Crippen LogP contribution is 2.41. The third kappa shape index (κ3) is 3.39. The molecule has 5 rings (SSSR count). The van der Waals surface area contributed by atoms with E-state index in [0.717, 1.165) is 22.4 Å². The zero-order chi connectivity index (χ0) is 21.5. The number of fused-ring (bicyclic) bond motifs is 2.